The van der Waals surface area contributed by atoms with Crippen LogP contribution in [0.3, 0.4) is 0 Å². The molecular formula is C21H24N4. The van der Waals surface area contributed by atoms with Gasteiger partial charge in [0.1, 0.15) is 0 Å². The first-order chi connectivity index (χ1) is 12.3. The molecule has 3 N–H and O–H groups in total. The van der Waals surface area contributed by atoms with Crippen LogP contribution in [-0.4, -0.2) is 29.0 Å². The maximum Gasteiger partial charge on any atom is 0.0423 e. The molecule has 3 aromatic rings. The van der Waals surface area contributed by atoms with Crippen LogP contribution in [0.2, 0.25) is 0 Å². The van der Waals surface area contributed by atoms with Crippen molar-refractivity contribution in [3.05, 3.63) is 66.5 Å². The van der Waals surface area contributed by atoms with Crippen molar-refractivity contribution in [3.8, 4) is 0 Å². The SMILES string of the molecule is Nc1cccc(CN2CCC(Nc3cccc4cnccc34)CC2)c1. The predicted molar refractivity (Wildman–Crippen MR) is 105 cm³/mol. The molecule has 4 rings (SSSR count). The van der Waals surface area contributed by atoms with E-state index in [2.05, 4.69) is 51.6 Å². The van der Waals surface area contributed by atoms with Gasteiger partial charge >= 0.3 is 0 Å². The standard InChI is InChI=1S/C21H24N4/c22-18-5-1-3-16(13-18)15-25-11-8-19(9-12-25)24-21-6-2-4-17-14-23-10-7-20(17)21/h1-7,10,13-14,19,24H,8-9,11-12,15,22H2. The molecule has 25 heavy (non-hydrogen) atoms. The van der Waals surface area contributed by atoms with Crippen LogP contribution in [0, 0.1) is 0 Å². The molecule has 4 heteroatoms. The second-order valence-electron chi connectivity index (χ2n) is 6.84. The van der Waals surface area contributed by atoms with Crippen molar-refractivity contribution in [2.24, 2.45) is 0 Å². The Morgan fingerprint density at radius 2 is 1.92 bits per heavy atom. The van der Waals surface area contributed by atoms with Crippen LogP contribution in [0.5, 0.6) is 0 Å². The summed E-state index contributed by atoms with van der Waals surface area (Å²) in [5, 5.41) is 6.18. The number of rotatable bonds is 4. The van der Waals surface area contributed by atoms with Crippen LogP contribution < -0.4 is 11.1 Å². The molecule has 1 fully saturated rings. The fourth-order valence-corrected chi connectivity index (χ4v) is 3.65. The van der Waals surface area contributed by atoms with Crippen molar-refractivity contribution in [1.82, 2.24) is 9.88 Å². The number of pyridine rings is 1. The van der Waals surface area contributed by atoms with E-state index in [1.165, 1.54) is 22.0 Å². The summed E-state index contributed by atoms with van der Waals surface area (Å²) in [5.74, 6) is 0. The zero-order valence-corrected chi connectivity index (χ0v) is 14.4. The molecule has 4 nitrogen and oxygen atoms in total. The average molecular weight is 332 g/mol. The highest BCUT2D eigenvalue weighted by atomic mass is 15.1. The number of likely N-dealkylation sites (tertiary alicyclic amines) is 1. The summed E-state index contributed by atoms with van der Waals surface area (Å²) in [6.45, 7) is 3.20. The first kappa shape index (κ1) is 15.9. The summed E-state index contributed by atoms with van der Waals surface area (Å²) in [6, 6.07) is 17.2. The Bertz CT molecular complexity index is 848. The number of nitrogens with two attached hydrogens (primary N) is 1. The molecule has 2 aromatic carbocycles. The van der Waals surface area contributed by atoms with Crippen molar-refractivity contribution in [3.63, 3.8) is 0 Å². The average Bonchev–Trinajstić information content (AvgIpc) is 2.64. The molecule has 0 bridgehead atoms. The van der Waals surface area contributed by atoms with E-state index in [1.54, 1.807) is 0 Å². The Balaban J connectivity index is 1.37. The lowest BCUT2D eigenvalue weighted by atomic mass is 10.0. The molecule has 0 saturated carbocycles. The molecule has 0 radical (unpaired) electrons. The normalized spacial score (nSPS) is 16.2. The third kappa shape index (κ3) is 3.74. The van der Waals surface area contributed by atoms with Gasteiger partial charge in [0.2, 0.25) is 0 Å². The van der Waals surface area contributed by atoms with Gasteiger partial charge in [-0.15, -0.1) is 0 Å². The first-order valence-electron chi connectivity index (χ1n) is 8.94. The van der Waals surface area contributed by atoms with Gasteiger partial charge in [0.05, 0.1) is 0 Å². The van der Waals surface area contributed by atoms with Gasteiger partial charge in [0.25, 0.3) is 0 Å². The Kier molecular flexibility index (Phi) is 4.53. The molecule has 0 spiro atoms. The van der Waals surface area contributed by atoms with E-state index >= 15 is 0 Å². The zero-order chi connectivity index (χ0) is 17.1. The number of nitrogens with zero attached hydrogens (tertiary/aromatic N) is 2. The number of aromatic nitrogens is 1. The van der Waals surface area contributed by atoms with Crippen LogP contribution in [-0.2, 0) is 6.54 Å². The first-order valence-corrected chi connectivity index (χ1v) is 8.94. The molecule has 1 saturated heterocycles. The molecule has 2 heterocycles. The fourth-order valence-electron chi connectivity index (χ4n) is 3.65. The third-order valence-corrected chi connectivity index (χ3v) is 4.99. The maximum absolute atomic E-state index is 5.88. The van der Waals surface area contributed by atoms with Crippen molar-refractivity contribution in [2.45, 2.75) is 25.4 Å². The van der Waals surface area contributed by atoms with E-state index in [0.717, 1.165) is 38.2 Å². The lowest BCUT2D eigenvalue weighted by Crippen LogP contribution is -2.38. The van der Waals surface area contributed by atoms with Crippen LogP contribution in [0.25, 0.3) is 10.8 Å². The Morgan fingerprint density at radius 3 is 2.76 bits per heavy atom. The molecule has 0 unspecified atom stereocenters. The summed E-state index contributed by atoms with van der Waals surface area (Å²) in [7, 11) is 0. The molecule has 1 aliphatic heterocycles. The number of hydrogen-bond donors (Lipinski definition) is 2. The predicted octanol–water partition coefficient (Wildman–Crippen LogP) is 3.89. The van der Waals surface area contributed by atoms with E-state index in [1.807, 2.05) is 24.5 Å². The molecule has 0 aliphatic carbocycles. The summed E-state index contributed by atoms with van der Waals surface area (Å²) in [5.41, 5.74) is 9.25. The Labute approximate surface area is 148 Å². The molecular weight excluding hydrogens is 308 g/mol. The Morgan fingerprint density at radius 1 is 1.08 bits per heavy atom. The van der Waals surface area contributed by atoms with Crippen LogP contribution in [0.15, 0.2) is 60.9 Å². The van der Waals surface area contributed by atoms with Crippen LogP contribution in [0.4, 0.5) is 11.4 Å². The highest BCUT2D eigenvalue weighted by Gasteiger charge is 2.19. The highest BCUT2D eigenvalue weighted by Crippen LogP contribution is 2.25. The summed E-state index contributed by atoms with van der Waals surface area (Å²) < 4.78 is 0. The summed E-state index contributed by atoms with van der Waals surface area (Å²) in [4.78, 5) is 6.73. The van der Waals surface area contributed by atoms with Gasteiger partial charge < -0.3 is 11.1 Å². The number of benzene rings is 2. The summed E-state index contributed by atoms with van der Waals surface area (Å²) in [6.07, 6.45) is 6.10. The molecule has 0 amide bonds. The minimum absolute atomic E-state index is 0.524. The topological polar surface area (TPSA) is 54.2 Å². The van der Waals surface area contributed by atoms with Gasteiger partial charge in [-0.25, -0.2) is 0 Å². The van der Waals surface area contributed by atoms with Gasteiger partial charge in [-0.3, -0.25) is 9.88 Å². The number of piperidine rings is 1. The van der Waals surface area contributed by atoms with E-state index in [-0.39, 0.29) is 0 Å². The highest BCUT2D eigenvalue weighted by molar-refractivity contribution is 5.93. The lowest BCUT2D eigenvalue weighted by molar-refractivity contribution is 0.211. The number of fused-ring (bicyclic) bond motifs is 1. The van der Waals surface area contributed by atoms with E-state index in [0.29, 0.717) is 6.04 Å². The van der Waals surface area contributed by atoms with Gasteiger partial charge in [0.15, 0.2) is 0 Å². The monoisotopic (exact) mass is 332 g/mol. The molecule has 1 aromatic heterocycles. The smallest absolute Gasteiger partial charge is 0.0423 e. The van der Waals surface area contributed by atoms with Crippen molar-refractivity contribution in [1.29, 1.82) is 0 Å². The van der Waals surface area contributed by atoms with E-state index in [4.69, 9.17) is 5.73 Å². The summed E-state index contributed by atoms with van der Waals surface area (Å²) >= 11 is 0. The molecule has 0 atom stereocenters. The third-order valence-electron chi connectivity index (χ3n) is 4.99. The van der Waals surface area contributed by atoms with Crippen LogP contribution >= 0.6 is 0 Å². The van der Waals surface area contributed by atoms with Gasteiger partial charge in [0, 0.05) is 60.2 Å². The van der Waals surface area contributed by atoms with Crippen molar-refractivity contribution < 1.29 is 0 Å². The minimum Gasteiger partial charge on any atom is -0.399 e. The number of hydrogen-bond acceptors (Lipinski definition) is 4. The Hall–Kier alpha value is -2.59. The second-order valence-corrected chi connectivity index (χ2v) is 6.84. The number of anilines is 2. The van der Waals surface area contributed by atoms with Gasteiger partial charge in [-0.05, 0) is 42.7 Å². The zero-order valence-electron chi connectivity index (χ0n) is 14.4. The van der Waals surface area contributed by atoms with E-state index < -0.39 is 0 Å². The van der Waals surface area contributed by atoms with Crippen LogP contribution in [0.1, 0.15) is 18.4 Å². The van der Waals surface area contributed by atoms with Gasteiger partial charge in [-0.2, -0.15) is 0 Å². The number of nitrogen functional groups attached to an aromatic ring is 1. The molecule has 128 valence electrons. The van der Waals surface area contributed by atoms with E-state index in [9.17, 15) is 0 Å². The maximum atomic E-state index is 5.88. The lowest BCUT2D eigenvalue weighted by Gasteiger charge is -2.33. The van der Waals surface area contributed by atoms with Crippen molar-refractivity contribution >= 4 is 22.1 Å². The van der Waals surface area contributed by atoms with Gasteiger partial charge in [-0.1, -0.05) is 24.3 Å². The molecule has 1 aliphatic rings. The minimum atomic E-state index is 0.524. The fraction of sp³-hybridized carbons (Fsp3) is 0.286. The largest absolute Gasteiger partial charge is 0.399 e. The second kappa shape index (κ2) is 7.11. The number of nitrogens with one attached hydrogen (secondary N) is 1. The van der Waals surface area contributed by atoms with Crippen molar-refractivity contribution in [2.75, 3.05) is 24.1 Å². The quantitative estimate of drug-likeness (QED) is 0.712.